The van der Waals surface area contributed by atoms with Gasteiger partial charge in [-0.25, -0.2) is 0 Å². The van der Waals surface area contributed by atoms with E-state index < -0.39 is 0 Å². The molecule has 1 aromatic heterocycles. The third-order valence-electron chi connectivity index (χ3n) is 2.92. The van der Waals surface area contributed by atoms with E-state index in [9.17, 15) is 9.59 Å². The summed E-state index contributed by atoms with van der Waals surface area (Å²) in [4.78, 5) is 24.3. The van der Waals surface area contributed by atoms with Crippen LogP contribution in [0, 0.1) is 0 Å². The number of ketones is 2. The SMILES string of the molecule is CCOCCCCCSC1=CC(=O)c2oncc2C1=O. The Labute approximate surface area is 121 Å². The Hall–Kier alpha value is -1.40. The van der Waals surface area contributed by atoms with Crippen LogP contribution in [0.15, 0.2) is 21.7 Å². The molecule has 1 aromatic rings. The van der Waals surface area contributed by atoms with Crippen molar-refractivity contribution < 1.29 is 18.8 Å². The van der Waals surface area contributed by atoms with Crippen LogP contribution in [0.25, 0.3) is 0 Å². The van der Waals surface area contributed by atoms with Crippen molar-refractivity contribution in [1.29, 1.82) is 0 Å². The van der Waals surface area contributed by atoms with Crippen LogP contribution in [0.1, 0.15) is 47.1 Å². The number of hydrogen-bond donors (Lipinski definition) is 0. The fourth-order valence-electron chi connectivity index (χ4n) is 1.88. The highest BCUT2D eigenvalue weighted by Gasteiger charge is 2.29. The van der Waals surface area contributed by atoms with Gasteiger partial charge in [-0.1, -0.05) is 11.6 Å². The lowest BCUT2D eigenvalue weighted by Crippen LogP contribution is -2.13. The van der Waals surface area contributed by atoms with Crippen LogP contribution in [0.3, 0.4) is 0 Å². The van der Waals surface area contributed by atoms with Gasteiger partial charge in [-0.05, 0) is 25.5 Å². The number of aromatic nitrogens is 1. The molecule has 0 amide bonds. The average molecular weight is 295 g/mol. The Balaban J connectivity index is 1.77. The van der Waals surface area contributed by atoms with E-state index in [-0.39, 0.29) is 22.9 Å². The minimum atomic E-state index is -0.282. The van der Waals surface area contributed by atoms with Crippen molar-refractivity contribution in [2.45, 2.75) is 26.2 Å². The first-order valence-electron chi connectivity index (χ1n) is 6.70. The smallest absolute Gasteiger partial charge is 0.225 e. The molecule has 0 N–H and O–H groups in total. The number of fused-ring (bicyclic) bond motifs is 1. The van der Waals surface area contributed by atoms with Gasteiger partial charge in [-0.3, -0.25) is 9.59 Å². The lowest BCUT2D eigenvalue weighted by molar-refractivity contribution is 0.0967. The molecule has 5 nitrogen and oxygen atoms in total. The molecule has 0 fully saturated rings. The van der Waals surface area contributed by atoms with E-state index in [1.807, 2.05) is 6.92 Å². The second kappa shape index (κ2) is 7.40. The van der Waals surface area contributed by atoms with E-state index in [1.165, 1.54) is 24.0 Å². The van der Waals surface area contributed by atoms with Gasteiger partial charge in [0.2, 0.25) is 17.3 Å². The summed E-state index contributed by atoms with van der Waals surface area (Å²) in [5.41, 5.74) is 0.274. The third kappa shape index (κ3) is 3.58. The summed E-state index contributed by atoms with van der Waals surface area (Å²) >= 11 is 1.42. The largest absolute Gasteiger partial charge is 0.382 e. The summed E-state index contributed by atoms with van der Waals surface area (Å²) in [6, 6.07) is 0. The molecule has 108 valence electrons. The van der Waals surface area contributed by atoms with E-state index in [1.54, 1.807) is 0 Å². The quantitative estimate of drug-likeness (QED) is 0.687. The Morgan fingerprint density at radius 3 is 2.95 bits per heavy atom. The predicted molar refractivity (Wildman–Crippen MR) is 76.0 cm³/mol. The minimum Gasteiger partial charge on any atom is -0.382 e. The number of allylic oxidation sites excluding steroid dienone is 2. The molecule has 0 aliphatic heterocycles. The Kier molecular flexibility index (Phi) is 5.55. The number of hydrogen-bond acceptors (Lipinski definition) is 6. The van der Waals surface area contributed by atoms with E-state index in [2.05, 4.69) is 5.16 Å². The number of ether oxygens (including phenoxy) is 1. The zero-order chi connectivity index (χ0) is 14.4. The Morgan fingerprint density at radius 2 is 2.15 bits per heavy atom. The number of Topliss-reactive ketones (excluding diaryl/α,β-unsaturated/α-hetero) is 1. The maximum Gasteiger partial charge on any atom is 0.225 e. The van der Waals surface area contributed by atoms with Crippen molar-refractivity contribution in [3.63, 3.8) is 0 Å². The zero-order valence-electron chi connectivity index (χ0n) is 11.4. The Morgan fingerprint density at radius 1 is 1.30 bits per heavy atom. The third-order valence-corrected chi connectivity index (χ3v) is 4.03. The number of carbonyl (C=O) groups is 2. The first kappa shape index (κ1) is 15.0. The topological polar surface area (TPSA) is 69.4 Å². The normalized spacial score (nSPS) is 14.3. The summed E-state index contributed by atoms with van der Waals surface area (Å²) in [5, 5.41) is 3.50. The van der Waals surface area contributed by atoms with Gasteiger partial charge in [-0.15, -0.1) is 11.8 Å². The van der Waals surface area contributed by atoms with Crippen LogP contribution in [-0.2, 0) is 4.74 Å². The summed E-state index contributed by atoms with van der Waals surface area (Å²) in [6.07, 6.45) is 5.73. The van der Waals surface area contributed by atoms with Crippen molar-refractivity contribution in [1.82, 2.24) is 5.16 Å². The first-order chi connectivity index (χ1) is 9.74. The molecule has 0 aromatic carbocycles. The highest BCUT2D eigenvalue weighted by atomic mass is 32.2. The van der Waals surface area contributed by atoms with Crippen molar-refractivity contribution in [3.05, 3.63) is 28.5 Å². The molecule has 1 aliphatic carbocycles. The zero-order valence-corrected chi connectivity index (χ0v) is 12.2. The fraction of sp³-hybridized carbons (Fsp3) is 0.500. The number of rotatable bonds is 8. The molecule has 20 heavy (non-hydrogen) atoms. The molecule has 0 spiro atoms. The fourth-order valence-corrected chi connectivity index (χ4v) is 2.88. The van der Waals surface area contributed by atoms with Crippen molar-refractivity contribution >= 4 is 23.3 Å². The van der Waals surface area contributed by atoms with Crippen LogP contribution >= 0.6 is 11.8 Å². The molecule has 1 heterocycles. The number of unbranched alkanes of at least 4 members (excludes halogenated alkanes) is 2. The molecule has 1 aliphatic rings. The van der Waals surface area contributed by atoms with Crippen molar-refractivity contribution in [2.24, 2.45) is 0 Å². The van der Waals surface area contributed by atoms with Crippen molar-refractivity contribution in [2.75, 3.05) is 19.0 Å². The van der Waals surface area contributed by atoms with E-state index in [0.717, 1.165) is 38.2 Å². The molecule has 2 rings (SSSR count). The summed E-state index contributed by atoms with van der Waals surface area (Å²) in [6.45, 7) is 3.51. The number of thioether (sulfide) groups is 1. The molecule has 6 heteroatoms. The van der Waals surface area contributed by atoms with Gasteiger partial charge in [-0.2, -0.15) is 0 Å². The summed E-state index contributed by atoms with van der Waals surface area (Å²) in [7, 11) is 0. The summed E-state index contributed by atoms with van der Waals surface area (Å²) in [5.74, 6) is 0.421. The van der Waals surface area contributed by atoms with E-state index >= 15 is 0 Å². The van der Waals surface area contributed by atoms with Crippen LogP contribution < -0.4 is 0 Å². The van der Waals surface area contributed by atoms with E-state index in [0.29, 0.717) is 4.91 Å². The van der Waals surface area contributed by atoms with Gasteiger partial charge < -0.3 is 9.26 Å². The monoisotopic (exact) mass is 295 g/mol. The van der Waals surface area contributed by atoms with Crippen LogP contribution in [-0.4, -0.2) is 35.7 Å². The first-order valence-corrected chi connectivity index (χ1v) is 7.68. The second-order valence-corrected chi connectivity index (χ2v) is 5.51. The van der Waals surface area contributed by atoms with Gasteiger partial charge >= 0.3 is 0 Å². The Bertz CT molecular complexity index is 521. The highest BCUT2D eigenvalue weighted by Crippen LogP contribution is 2.28. The second-order valence-electron chi connectivity index (χ2n) is 4.38. The molecule has 0 atom stereocenters. The minimum absolute atomic E-state index is 0.0519. The van der Waals surface area contributed by atoms with Gasteiger partial charge in [0.15, 0.2) is 0 Å². The van der Waals surface area contributed by atoms with Gasteiger partial charge in [0.05, 0.1) is 16.7 Å². The highest BCUT2D eigenvalue weighted by molar-refractivity contribution is 8.04. The lowest BCUT2D eigenvalue weighted by atomic mass is 10.0. The maximum absolute atomic E-state index is 12.1. The molecule has 0 radical (unpaired) electrons. The molecule has 0 saturated heterocycles. The lowest BCUT2D eigenvalue weighted by Gasteiger charge is -2.09. The van der Waals surface area contributed by atoms with Gasteiger partial charge in [0, 0.05) is 19.3 Å². The predicted octanol–water partition coefficient (Wildman–Crippen LogP) is 2.88. The van der Waals surface area contributed by atoms with Crippen LogP contribution in [0.4, 0.5) is 0 Å². The number of carbonyl (C=O) groups excluding carboxylic acids is 2. The van der Waals surface area contributed by atoms with Crippen LogP contribution in [0.5, 0.6) is 0 Å². The molecular weight excluding hydrogens is 278 g/mol. The molecule has 0 unspecified atom stereocenters. The van der Waals surface area contributed by atoms with E-state index in [4.69, 9.17) is 9.26 Å². The average Bonchev–Trinajstić information content (AvgIpc) is 2.93. The van der Waals surface area contributed by atoms with Crippen molar-refractivity contribution in [3.8, 4) is 0 Å². The number of nitrogens with zero attached hydrogens (tertiary/aromatic N) is 1. The molecular formula is C14H17NO4S. The van der Waals surface area contributed by atoms with Gasteiger partial charge in [0.25, 0.3) is 0 Å². The maximum atomic E-state index is 12.1. The summed E-state index contributed by atoms with van der Waals surface area (Å²) < 4.78 is 10.0. The standard InChI is InChI=1S/C14H17NO4S/c1-2-18-6-4-3-5-7-20-12-8-11(16)14-10(13(12)17)9-15-19-14/h8-9H,2-7H2,1H3. The molecule has 0 bridgehead atoms. The van der Waals surface area contributed by atoms with Gasteiger partial charge in [0.1, 0.15) is 0 Å². The van der Waals surface area contributed by atoms with Crippen LogP contribution in [0.2, 0.25) is 0 Å². The molecule has 0 saturated carbocycles.